The molecule has 0 aromatic carbocycles. The van der Waals surface area contributed by atoms with Crippen LogP contribution in [-0.4, -0.2) is 22.0 Å². The summed E-state index contributed by atoms with van der Waals surface area (Å²) in [6.07, 6.45) is 4.30. The largest absolute Gasteiger partial charge is 0.478 e. The van der Waals surface area contributed by atoms with Gasteiger partial charge in [-0.1, -0.05) is 11.3 Å². The summed E-state index contributed by atoms with van der Waals surface area (Å²) in [6, 6.07) is 1.90. The highest BCUT2D eigenvalue weighted by molar-refractivity contribution is 7.16. The fraction of sp³-hybridized carbons (Fsp3) is 0.0833. The summed E-state index contributed by atoms with van der Waals surface area (Å²) >= 11 is 2.77. The number of nitrogens with zero attached hydrogens (tertiary/aromatic N) is 1. The second-order valence-electron chi connectivity index (χ2n) is 3.60. The van der Waals surface area contributed by atoms with Gasteiger partial charge in [0.15, 0.2) is 5.13 Å². The van der Waals surface area contributed by atoms with Gasteiger partial charge in [0.25, 0.3) is 0 Å². The number of amides is 1. The van der Waals surface area contributed by atoms with Crippen molar-refractivity contribution in [2.75, 3.05) is 5.32 Å². The second-order valence-corrected chi connectivity index (χ2v) is 5.44. The Labute approximate surface area is 117 Å². The van der Waals surface area contributed by atoms with Gasteiger partial charge in [0, 0.05) is 17.2 Å². The van der Waals surface area contributed by atoms with E-state index in [0.717, 1.165) is 11.6 Å². The highest BCUT2D eigenvalue weighted by Crippen LogP contribution is 2.19. The zero-order valence-electron chi connectivity index (χ0n) is 9.70. The molecule has 98 valence electrons. The summed E-state index contributed by atoms with van der Waals surface area (Å²) < 4.78 is 0. The standard InChI is InChI=1S/C12H10N2O3S2/c15-10(5-8-3-4-18-7-8)14-12-13-6-9(19-12)1-2-11(16)17/h1-4,6-7H,5H2,(H,16,17)(H,13,14,15)/b2-1+. The Morgan fingerprint density at radius 2 is 2.32 bits per heavy atom. The number of thiophene rings is 1. The van der Waals surface area contributed by atoms with Crippen LogP contribution >= 0.6 is 22.7 Å². The van der Waals surface area contributed by atoms with Crippen LogP contribution in [0.4, 0.5) is 5.13 Å². The fourth-order valence-electron chi connectivity index (χ4n) is 1.32. The third-order valence-corrected chi connectivity index (χ3v) is 3.71. The van der Waals surface area contributed by atoms with E-state index in [1.807, 2.05) is 16.8 Å². The van der Waals surface area contributed by atoms with Gasteiger partial charge < -0.3 is 10.4 Å². The molecule has 0 radical (unpaired) electrons. The van der Waals surface area contributed by atoms with Crippen molar-refractivity contribution < 1.29 is 14.7 Å². The lowest BCUT2D eigenvalue weighted by atomic mass is 10.2. The Balaban J connectivity index is 1.92. The molecule has 0 aliphatic carbocycles. The molecule has 0 spiro atoms. The first kappa shape index (κ1) is 13.4. The van der Waals surface area contributed by atoms with Crippen molar-refractivity contribution in [1.29, 1.82) is 0 Å². The first-order chi connectivity index (χ1) is 9.13. The number of carboxylic acid groups (broad SMARTS) is 1. The molecule has 2 N–H and O–H groups in total. The monoisotopic (exact) mass is 294 g/mol. The maximum absolute atomic E-state index is 11.7. The van der Waals surface area contributed by atoms with E-state index >= 15 is 0 Å². The van der Waals surface area contributed by atoms with Gasteiger partial charge in [0.2, 0.25) is 5.91 Å². The molecule has 2 aromatic heterocycles. The molecule has 0 aliphatic heterocycles. The molecular weight excluding hydrogens is 284 g/mol. The lowest BCUT2D eigenvalue weighted by molar-refractivity contribution is -0.131. The van der Waals surface area contributed by atoms with E-state index in [1.54, 1.807) is 11.3 Å². The Kier molecular flexibility index (Phi) is 4.43. The Morgan fingerprint density at radius 1 is 1.47 bits per heavy atom. The van der Waals surface area contributed by atoms with E-state index in [1.165, 1.54) is 23.6 Å². The smallest absolute Gasteiger partial charge is 0.328 e. The average molecular weight is 294 g/mol. The van der Waals surface area contributed by atoms with Gasteiger partial charge in [-0.2, -0.15) is 11.3 Å². The third kappa shape index (κ3) is 4.31. The maximum Gasteiger partial charge on any atom is 0.328 e. The molecule has 5 nitrogen and oxygen atoms in total. The topological polar surface area (TPSA) is 79.3 Å². The van der Waals surface area contributed by atoms with E-state index in [0.29, 0.717) is 16.4 Å². The van der Waals surface area contributed by atoms with Crippen LogP contribution in [0.15, 0.2) is 29.1 Å². The predicted molar refractivity (Wildman–Crippen MR) is 75.4 cm³/mol. The number of aliphatic carboxylic acids is 1. The number of hydrogen-bond donors (Lipinski definition) is 2. The first-order valence-electron chi connectivity index (χ1n) is 5.31. The quantitative estimate of drug-likeness (QED) is 0.830. The van der Waals surface area contributed by atoms with Gasteiger partial charge in [-0.3, -0.25) is 4.79 Å². The van der Waals surface area contributed by atoms with Crippen LogP contribution in [-0.2, 0) is 16.0 Å². The molecule has 0 unspecified atom stereocenters. The zero-order chi connectivity index (χ0) is 13.7. The molecule has 0 fully saturated rings. The number of nitrogens with one attached hydrogen (secondary N) is 1. The molecule has 0 aliphatic rings. The molecule has 1 amide bonds. The number of rotatable bonds is 5. The zero-order valence-corrected chi connectivity index (χ0v) is 11.3. The third-order valence-electron chi connectivity index (χ3n) is 2.10. The summed E-state index contributed by atoms with van der Waals surface area (Å²) in [5.41, 5.74) is 0.963. The van der Waals surface area contributed by atoms with E-state index in [4.69, 9.17) is 5.11 Å². The molecule has 0 bridgehead atoms. The van der Waals surface area contributed by atoms with E-state index < -0.39 is 5.97 Å². The average Bonchev–Trinajstić information content (AvgIpc) is 2.98. The van der Waals surface area contributed by atoms with Crippen LogP contribution in [0.3, 0.4) is 0 Å². The summed E-state index contributed by atoms with van der Waals surface area (Å²) in [6.45, 7) is 0. The van der Waals surface area contributed by atoms with Crippen molar-refractivity contribution in [2.24, 2.45) is 0 Å². The minimum atomic E-state index is -1.02. The summed E-state index contributed by atoms with van der Waals surface area (Å²) in [5, 5.41) is 15.5. The molecule has 2 rings (SSSR count). The number of aromatic nitrogens is 1. The fourth-order valence-corrected chi connectivity index (χ4v) is 2.72. The SMILES string of the molecule is O=C(O)/C=C/c1cnc(NC(=O)Cc2ccsc2)s1. The summed E-state index contributed by atoms with van der Waals surface area (Å²) in [4.78, 5) is 26.7. The van der Waals surface area contributed by atoms with Gasteiger partial charge in [-0.25, -0.2) is 9.78 Å². The van der Waals surface area contributed by atoms with Crippen molar-refractivity contribution in [3.63, 3.8) is 0 Å². The molecule has 0 saturated carbocycles. The first-order valence-corrected chi connectivity index (χ1v) is 7.07. The van der Waals surface area contributed by atoms with Crippen LogP contribution < -0.4 is 5.32 Å². The molecule has 19 heavy (non-hydrogen) atoms. The van der Waals surface area contributed by atoms with E-state index in [9.17, 15) is 9.59 Å². The van der Waals surface area contributed by atoms with Crippen LogP contribution in [0.1, 0.15) is 10.4 Å². The van der Waals surface area contributed by atoms with Crippen LogP contribution in [0.5, 0.6) is 0 Å². The highest BCUT2D eigenvalue weighted by atomic mass is 32.1. The van der Waals surface area contributed by atoms with Gasteiger partial charge in [0.05, 0.1) is 6.42 Å². The summed E-state index contributed by atoms with van der Waals surface area (Å²) in [7, 11) is 0. The van der Waals surface area contributed by atoms with Crippen LogP contribution in [0.2, 0.25) is 0 Å². The maximum atomic E-state index is 11.7. The van der Waals surface area contributed by atoms with Crippen molar-refractivity contribution in [2.45, 2.75) is 6.42 Å². The summed E-state index contributed by atoms with van der Waals surface area (Å²) in [5.74, 6) is -1.15. The molecule has 0 atom stereocenters. The molecule has 7 heteroatoms. The minimum Gasteiger partial charge on any atom is -0.478 e. The highest BCUT2D eigenvalue weighted by Gasteiger charge is 2.07. The van der Waals surface area contributed by atoms with Crippen molar-refractivity contribution >= 4 is 45.8 Å². The van der Waals surface area contributed by atoms with Crippen molar-refractivity contribution in [1.82, 2.24) is 4.98 Å². The molecule has 2 heterocycles. The van der Waals surface area contributed by atoms with Crippen LogP contribution in [0, 0.1) is 0 Å². The Bertz CT molecular complexity index is 602. The van der Waals surface area contributed by atoms with Gasteiger partial charge in [-0.15, -0.1) is 0 Å². The minimum absolute atomic E-state index is 0.137. The number of carbonyl (C=O) groups excluding carboxylic acids is 1. The van der Waals surface area contributed by atoms with Gasteiger partial charge in [-0.05, 0) is 28.5 Å². The number of carboxylic acids is 1. The van der Waals surface area contributed by atoms with Gasteiger partial charge >= 0.3 is 5.97 Å². The van der Waals surface area contributed by atoms with Crippen molar-refractivity contribution in [3.8, 4) is 0 Å². The predicted octanol–water partition coefficient (Wildman–Crippen LogP) is 2.48. The van der Waals surface area contributed by atoms with Crippen molar-refractivity contribution in [3.05, 3.63) is 39.5 Å². The lowest BCUT2D eigenvalue weighted by Gasteiger charge is -1.98. The Morgan fingerprint density at radius 3 is 3.00 bits per heavy atom. The lowest BCUT2D eigenvalue weighted by Crippen LogP contribution is -2.13. The number of hydrogen-bond acceptors (Lipinski definition) is 5. The second kappa shape index (κ2) is 6.26. The molecule has 2 aromatic rings. The van der Waals surface area contributed by atoms with E-state index in [2.05, 4.69) is 10.3 Å². The number of carbonyl (C=O) groups is 2. The molecule has 0 saturated heterocycles. The number of thiazole rings is 1. The normalized spacial score (nSPS) is 10.7. The van der Waals surface area contributed by atoms with E-state index in [-0.39, 0.29) is 5.91 Å². The Hall–Kier alpha value is -1.99. The number of anilines is 1. The molecular formula is C12H10N2O3S2. The van der Waals surface area contributed by atoms with Crippen LogP contribution in [0.25, 0.3) is 6.08 Å². The van der Waals surface area contributed by atoms with Gasteiger partial charge in [0.1, 0.15) is 0 Å².